The highest BCUT2D eigenvalue weighted by Gasteiger charge is 2.10. The minimum atomic E-state index is -0.0862. The highest BCUT2D eigenvalue weighted by Crippen LogP contribution is 2.24. The van der Waals surface area contributed by atoms with E-state index in [9.17, 15) is 4.79 Å². The molecule has 0 fully saturated rings. The standard InChI is InChI=1S/C19H19N3OS2/c1-3-13-4-6-14(7-5-13)19-22-16(12-25-19)10-17(23)21-15-8-9-18(24-2)20-11-15/h4-9,11-12H,3,10H2,1-2H3,(H,21,23). The van der Waals surface area contributed by atoms with E-state index in [1.165, 1.54) is 5.56 Å². The van der Waals surface area contributed by atoms with Crippen LogP contribution >= 0.6 is 23.1 Å². The van der Waals surface area contributed by atoms with E-state index >= 15 is 0 Å². The number of carbonyl (C=O) groups excluding carboxylic acids is 1. The van der Waals surface area contributed by atoms with Gasteiger partial charge in [0.2, 0.25) is 5.91 Å². The number of aromatic nitrogens is 2. The minimum absolute atomic E-state index is 0.0862. The van der Waals surface area contributed by atoms with Crippen molar-refractivity contribution in [2.75, 3.05) is 11.6 Å². The van der Waals surface area contributed by atoms with Gasteiger partial charge in [0.25, 0.3) is 0 Å². The number of nitrogens with one attached hydrogen (secondary N) is 1. The molecule has 0 radical (unpaired) electrons. The van der Waals surface area contributed by atoms with Crippen molar-refractivity contribution in [1.82, 2.24) is 9.97 Å². The molecule has 1 N–H and O–H groups in total. The fourth-order valence-corrected chi connectivity index (χ4v) is 3.54. The summed E-state index contributed by atoms with van der Waals surface area (Å²) in [6.07, 6.45) is 4.92. The monoisotopic (exact) mass is 369 g/mol. The van der Waals surface area contributed by atoms with Crippen LogP contribution in [0.25, 0.3) is 10.6 Å². The molecule has 25 heavy (non-hydrogen) atoms. The summed E-state index contributed by atoms with van der Waals surface area (Å²) < 4.78 is 0. The van der Waals surface area contributed by atoms with Gasteiger partial charge in [-0.25, -0.2) is 9.97 Å². The molecule has 0 saturated carbocycles. The van der Waals surface area contributed by atoms with Crippen molar-refractivity contribution in [2.24, 2.45) is 0 Å². The van der Waals surface area contributed by atoms with E-state index in [1.54, 1.807) is 29.3 Å². The first kappa shape index (κ1) is 17.6. The van der Waals surface area contributed by atoms with Crippen LogP contribution in [0.15, 0.2) is 53.0 Å². The highest BCUT2D eigenvalue weighted by molar-refractivity contribution is 7.98. The molecule has 4 nitrogen and oxygen atoms in total. The Morgan fingerprint density at radius 3 is 2.64 bits per heavy atom. The van der Waals surface area contributed by atoms with Crippen LogP contribution < -0.4 is 5.32 Å². The summed E-state index contributed by atoms with van der Waals surface area (Å²) in [5.74, 6) is -0.0862. The van der Waals surface area contributed by atoms with E-state index in [2.05, 4.69) is 46.5 Å². The molecule has 3 aromatic rings. The van der Waals surface area contributed by atoms with Gasteiger partial charge in [-0.05, 0) is 30.4 Å². The quantitative estimate of drug-likeness (QED) is 0.642. The average molecular weight is 370 g/mol. The van der Waals surface area contributed by atoms with Gasteiger partial charge in [0.15, 0.2) is 0 Å². The number of anilines is 1. The zero-order chi connectivity index (χ0) is 17.6. The van der Waals surface area contributed by atoms with E-state index in [-0.39, 0.29) is 12.3 Å². The van der Waals surface area contributed by atoms with Gasteiger partial charge in [0.1, 0.15) is 5.01 Å². The molecule has 6 heteroatoms. The Bertz CT molecular complexity index is 842. The molecule has 3 rings (SSSR count). The first-order valence-electron chi connectivity index (χ1n) is 8.01. The summed E-state index contributed by atoms with van der Waals surface area (Å²) in [4.78, 5) is 21.0. The van der Waals surface area contributed by atoms with Gasteiger partial charge in [0.05, 0.1) is 29.0 Å². The lowest BCUT2D eigenvalue weighted by atomic mass is 10.1. The van der Waals surface area contributed by atoms with E-state index in [1.807, 2.05) is 23.8 Å². The molecule has 0 spiro atoms. The van der Waals surface area contributed by atoms with Gasteiger partial charge in [-0.1, -0.05) is 31.2 Å². The van der Waals surface area contributed by atoms with E-state index < -0.39 is 0 Å². The number of thioether (sulfide) groups is 1. The highest BCUT2D eigenvalue weighted by atomic mass is 32.2. The van der Waals surface area contributed by atoms with Crippen molar-refractivity contribution < 1.29 is 4.79 Å². The van der Waals surface area contributed by atoms with Crippen LogP contribution in [0.3, 0.4) is 0 Å². The third kappa shape index (κ3) is 4.67. The third-order valence-electron chi connectivity index (χ3n) is 3.73. The smallest absolute Gasteiger partial charge is 0.230 e. The Balaban J connectivity index is 1.62. The predicted octanol–water partition coefficient (Wildman–Crippen LogP) is 4.67. The molecule has 0 atom stereocenters. The molecule has 2 aromatic heterocycles. The van der Waals surface area contributed by atoms with Crippen molar-refractivity contribution in [1.29, 1.82) is 0 Å². The molecule has 0 saturated heterocycles. The topological polar surface area (TPSA) is 54.9 Å². The molecule has 1 aromatic carbocycles. The Kier molecular flexibility index (Phi) is 5.83. The Labute approximate surface area is 155 Å². The number of rotatable bonds is 6. The van der Waals surface area contributed by atoms with E-state index in [0.29, 0.717) is 5.69 Å². The maximum absolute atomic E-state index is 12.2. The number of benzene rings is 1. The van der Waals surface area contributed by atoms with Crippen molar-refractivity contribution in [3.8, 4) is 10.6 Å². The van der Waals surface area contributed by atoms with E-state index in [4.69, 9.17) is 0 Å². The molecule has 128 valence electrons. The minimum Gasteiger partial charge on any atom is -0.324 e. The SMILES string of the molecule is CCc1ccc(-c2nc(CC(=O)Nc3ccc(SC)nc3)cs2)cc1. The first-order valence-corrected chi connectivity index (χ1v) is 10.1. The van der Waals surface area contributed by atoms with Crippen LogP contribution in [0, 0.1) is 0 Å². The van der Waals surface area contributed by atoms with Crippen molar-refractivity contribution in [3.63, 3.8) is 0 Å². The van der Waals surface area contributed by atoms with Gasteiger partial charge in [-0.2, -0.15) is 0 Å². The zero-order valence-corrected chi connectivity index (χ0v) is 15.8. The maximum Gasteiger partial charge on any atom is 0.230 e. The van der Waals surface area contributed by atoms with Crippen LogP contribution in [-0.2, 0) is 17.6 Å². The molecule has 0 aliphatic rings. The summed E-state index contributed by atoms with van der Waals surface area (Å²) in [5, 5.41) is 6.67. The summed E-state index contributed by atoms with van der Waals surface area (Å²) in [6.45, 7) is 2.14. The lowest BCUT2D eigenvalue weighted by Crippen LogP contribution is -2.14. The fourth-order valence-electron chi connectivity index (χ4n) is 2.35. The number of nitrogens with zero attached hydrogens (tertiary/aromatic N) is 2. The number of aryl methyl sites for hydroxylation is 1. The van der Waals surface area contributed by atoms with Crippen LogP contribution in [-0.4, -0.2) is 22.1 Å². The second-order valence-electron chi connectivity index (χ2n) is 5.51. The Morgan fingerprint density at radius 2 is 2.00 bits per heavy atom. The molecule has 0 aliphatic carbocycles. The average Bonchev–Trinajstić information content (AvgIpc) is 3.10. The van der Waals surface area contributed by atoms with Gasteiger partial charge >= 0.3 is 0 Å². The zero-order valence-electron chi connectivity index (χ0n) is 14.2. The van der Waals surface area contributed by atoms with Gasteiger partial charge in [-0.3, -0.25) is 4.79 Å². The summed E-state index contributed by atoms with van der Waals surface area (Å²) in [5.41, 5.74) is 3.88. The van der Waals surface area contributed by atoms with Crippen LogP contribution in [0.4, 0.5) is 5.69 Å². The van der Waals surface area contributed by atoms with Gasteiger partial charge in [-0.15, -0.1) is 23.1 Å². The second kappa shape index (κ2) is 8.27. The number of hydrogen-bond acceptors (Lipinski definition) is 5. The number of hydrogen-bond donors (Lipinski definition) is 1. The molecular weight excluding hydrogens is 350 g/mol. The number of carbonyl (C=O) groups is 1. The maximum atomic E-state index is 12.2. The summed E-state index contributed by atoms with van der Waals surface area (Å²) >= 11 is 3.13. The molecule has 0 unspecified atom stereocenters. The lowest BCUT2D eigenvalue weighted by molar-refractivity contribution is -0.115. The van der Waals surface area contributed by atoms with Gasteiger partial charge in [0, 0.05) is 10.9 Å². The number of thiazole rings is 1. The number of pyridine rings is 1. The van der Waals surface area contributed by atoms with Crippen LogP contribution in [0.2, 0.25) is 0 Å². The molecule has 0 bridgehead atoms. The molecule has 0 aliphatic heterocycles. The third-order valence-corrected chi connectivity index (χ3v) is 5.33. The largest absolute Gasteiger partial charge is 0.324 e. The van der Waals surface area contributed by atoms with Crippen molar-refractivity contribution in [3.05, 3.63) is 59.2 Å². The summed E-state index contributed by atoms with van der Waals surface area (Å²) in [6, 6.07) is 12.2. The lowest BCUT2D eigenvalue weighted by Gasteiger charge is -2.04. The fraction of sp³-hybridized carbons (Fsp3) is 0.211. The predicted molar refractivity (Wildman–Crippen MR) is 105 cm³/mol. The Morgan fingerprint density at radius 1 is 1.20 bits per heavy atom. The first-order chi connectivity index (χ1) is 12.2. The second-order valence-corrected chi connectivity index (χ2v) is 7.19. The van der Waals surface area contributed by atoms with Crippen LogP contribution in [0.5, 0.6) is 0 Å². The van der Waals surface area contributed by atoms with E-state index in [0.717, 1.165) is 27.7 Å². The number of amides is 1. The van der Waals surface area contributed by atoms with Crippen molar-refractivity contribution >= 4 is 34.7 Å². The normalized spacial score (nSPS) is 10.6. The molecule has 2 heterocycles. The van der Waals surface area contributed by atoms with Crippen LogP contribution in [0.1, 0.15) is 18.2 Å². The van der Waals surface area contributed by atoms with Crippen molar-refractivity contribution in [2.45, 2.75) is 24.8 Å². The molecular formula is C19H19N3OS2. The molecule has 1 amide bonds. The Hall–Kier alpha value is -2.18. The van der Waals surface area contributed by atoms with Gasteiger partial charge < -0.3 is 5.32 Å². The summed E-state index contributed by atoms with van der Waals surface area (Å²) in [7, 11) is 0.